The second-order valence-corrected chi connectivity index (χ2v) is 5.43. The lowest BCUT2D eigenvalue weighted by molar-refractivity contribution is -0.211. The number of aliphatic hydroxyl groups is 1. The summed E-state index contributed by atoms with van der Waals surface area (Å²) in [5.41, 5.74) is 0. The van der Waals surface area contributed by atoms with E-state index in [1.807, 2.05) is 0 Å². The van der Waals surface area contributed by atoms with Crippen LogP contribution in [0, 0.1) is 0 Å². The zero-order valence-corrected chi connectivity index (χ0v) is 11.4. The van der Waals surface area contributed by atoms with Crippen LogP contribution in [0.4, 0.5) is 0 Å². The Balaban J connectivity index is 1.96. The van der Waals surface area contributed by atoms with Gasteiger partial charge in [0.25, 0.3) is 0 Å². The second-order valence-electron chi connectivity index (χ2n) is 5.43. The number of hydrogen-bond acceptors (Lipinski definition) is 7. The number of methoxy groups -OCH3 is 1. The first-order valence-electron chi connectivity index (χ1n) is 6.40. The highest BCUT2D eigenvalue weighted by Gasteiger charge is 2.54. The van der Waals surface area contributed by atoms with Crippen molar-refractivity contribution in [3.63, 3.8) is 0 Å². The Morgan fingerprint density at radius 1 is 1.53 bits per heavy atom. The molecular weight excluding hydrogens is 254 g/mol. The van der Waals surface area contributed by atoms with Crippen molar-refractivity contribution in [1.82, 2.24) is 5.06 Å². The fourth-order valence-electron chi connectivity index (χ4n) is 2.73. The molecule has 0 aromatic carbocycles. The van der Waals surface area contributed by atoms with Gasteiger partial charge in [-0.15, -0.1) is 0 Å². The molecule has 0 bridgehead atoms. The lowest BCUT2D eigenvalue weighted by Gasteiger charge is -2.29. The molecule has 0 aliphatic carbocycles. The zero-order chi connectivity index (χ0) is 14.2. The van der Waals surface area contributed by atoms with Gasteiger partial charge in [0.1, 0.15) is 12.2 Å². The van der Waals surface area contributed by atoms with Crippen LogP contribution in [-0.2, 0) is 19.0 Å². The summed E-state index contributed by atoms with van der Waals surface area (Å²) in [6.07, 6.45) is -1.23. The molecule has 110 valence electrons. The van der Waals surface area contributed by atoms with Gasteiger partial charge in [-0.1, -0.05) is 0 Å². The summed E-state index contributed by atoms with van der Waals surface area (Å²) in [5.74, 6) is -1.10. The molecule has 4 atom stereocenters. The molecule has 0 aromatic rings. The molecule has 2 aliphatic rings. The molecule has 7 heteroatoms. The van der Waals surface area contributed by atoms with Crippen LogP contribution in [0.1, 0.15) is 26.7 Å². The first kappa shape index (κ1) is 14.7. The van der Waals surface area contributed by atoms with Gasteiger partial charge in [-0.3, -0.25) is 4.79 Å². The minimum absolute atomic E-state index is 0.101. The average Bonchev–Trinajstić information content (AvgIpc) is 2.75. The largest absolute Gasteiger partial charge is 0.469 e. The highest BCUT2D eigenvalue weighted by atomic mass is 16.8. The fourth-order valence-corrected chi connectivity index (χ4v) is 2.73. The average molecular weight is 275 g/mol. The smallest absolute Gasteiger partial charge is 0.305 e. The van der Waals surface area contributed by atoms with Gasteiger partial charge in [0.2, 0.25) is 0 Å². The third-order valence-corrected chi connectivity index (χ3v) is 3.54. The van der Waals surface area contributed by atoms with Crippen LogP contribution in [-0.4, -0.2) is 65.1 Å². The zero-order valence-electron chi connectivity index (χ0n) is 11.4. The summed E-state index contributed by atoms with van der Waals surface area (Å²) in [6.45, 7) is 3.88. The summed E-state index contributed by atoms with van der Waals surface area (Å²) >= 11 is 0. The predicted octanol–water partition coefficient (Wildman–Crippen LogP) is -0.106. The van der Waals surface area contributed by atoms with Crippen LogP contribution in [0.3, 0.4) is 0 Å². The Bertz CT molecular complexity index is 347. The molecule has 2 fully saturated rings. The van der Waals surface area contributed by atoms with Crippen LogP contribution in [0.2, 0.25) is 0 Å². The quantitative estimate of drug-likeness (QED) is 0.692. The third kappa shape index (κ3) is 3.06. The maximum absolute atomic E-state index is 11.1. The lowest BCUT2D eigenvalue weighted by Crippen LogP contribution is -2.45. The van der Waals surface area contributed by atoms with E-state index in [-0.39, 0.29) is 31.5 Å². The van der Waals surface area contributed by atoms with Gasteiger partial charge < -0.3 is 24.5 Å². The Morgan fingerprint density at radius 2 is 2.21 bits per heavy atom. The maximum atomic E-state index is 11.1. The van der Waals surface area contributed by atoms with Gasteiger partial charge in [0.05, 0.1) is 25.8 Å². The number of rotatable bonds is 4. The molecule has 2 rings (SSSR count). The van der Waals surface area contributed by atoms with Crippen molar-refractivity contribution in [2.75, 3.05) is 13.7 Å². The van der Waals surface area contributed by atoms with Gasteiger partial charge >= 0.3 is 5.97 Å². The lowest BCUT2D eigenvalue weighted by atomic mass is 10.0. The van der Waals surface area contributed by atoms with E-state index in [0.29, 0.717) is 0 Å². The van der Waals surface area contributed by atoms with E-state index in [0.717, 1.165) is 5.06 Å². The van der Waals surface area contributed by atoms with Gasteiger partial charge in [0.15, 0.2) is 5.79 Å². The van der Waals surface area contributed by atoms with Crippen LogP contribution < -0.4 is 0 Å². The van der Waals surface area contributed by atoms with Crippen molar-refractivity contribution in [1.29, 1.82) is 0 Å². The summed E-state index contributed by atoms with van der Waals surface area (Å²) in [7, 11) is 1.30. The number of ether oxygens (including phenoxy) is 3. The van der Waals surface area contributed by atoms with E-state index in [4.69, 9.17) is 9.47 Å². The Labute approximate surface area is 112 Å². The van der Waals surface area contributed by atoms with Crippen molar-refractivity contribution in [3.05, 3.63) is 0 Å². The van der Waals surface area contributed by atoms with Crippen molar-refractivity contribution >= 4 is 5.97 Å². The third-order valence-electron chi connectivity index (χ3n) is 3.54. The van der Waals surface area contributed by atoms with E-state index >= 15 is 0 Å². The van der Waals surface area contributed by atoms with E-state index in [2.05, 4.69) is 4.74 Å². The van der Waals surface area contributed by atoms with Crippen LogP contribution in [0.5, 0.6) is 0 Å². The minimum Gasteiger partial charge on any atom is -0.469 e. The molecule has 2 saturated heterocycles. The van der Waals surface area contributed by atoms with Crippen LogP contribution in [0.25, 0.3) is 0 Å². The maximum Gasteiger partial charge on any atom is 0.305 e. The Kier molecular flexibility index (Phi) is 4.12. The van der Waals surface area contributed by atoms with Crippen LogP contribution in [0.15, 0.2) is 0 Å². The molecule has 2 aliphatic heterocycles. The number of nitrogens with zero attached hydrogens (tertiary/aromatic N) is 1. The molecule has 0 amide bonds. The molecule has 0 radical (unpaired) electrons. The second kappa shape index (κ2) is 5.34. The number of hydroxylamine groups is 2. The fraction of sp³-hybridized carbons (Fsp3) is 0.917. The minimum atomic E-state index is -0.878. The number of hydrogen-bond donors (Lipinski definition) is 2. The Hall–Kier alpha value is -0.730. The number of aliphatic hydroxyl groups excluding tert-OH is 1. The summed E-state index contributed by atoms with van der Waals surface area (Å²) < 4.78 is 15.9. The number of carbonyl (C=O) groups is 1. The molecule has 1 unspecified atom stereocenters. The summed E-state index contributed by atoms with van der Waals surface area (Å²) in [4.78, 5) is 11.1. The normalized spacial score (nSPS) is 35.1. The van der Waals surface area contributed by atoms with Gasteiger partial charge in [-0.05, 0) is 20.3 Å². The van der Waals surface area contributed by atoms with Gasteiger partial charge in [-0.2, -0.15) is 5.06 Å². The van der Waals surface area contributed by atoms with Crippen molar-refractivity contribution in [2.45, 2.75) is 56.8 Å². The topological polar surface area (TPSA) is 88.5 Å². The molecule has 7 nitrogen and oxygen atoms in total. The highest BCUT2D eigenvalue weighted by molar-refractivity contribution is 5.69. The Morgan fingerprint density at radius 3 is 2.84 bits per heavy atom. The van der Waals surface area contributed by atoms with Crippen molar-refractivity contribution < 1.29 is 29.3 Å². The number of esters is 1. The van der Waals surface area contributed by atoms with E-state index in [1.165, 1.54) is 7.11 Å². The molecule has 0 aromatic heterocycles. The van der Waals surface area contributed by atoms with Crippen LogP contribution >= 0.6 is 0 Å². The van der Waals surface area contributed by atoms with E-state index in [1.54, 1.807) is 13.8 Å². The molecule has 2 N–H and O–H groups in total. The highest BCUT2D eigenvalue weighted by Crippen LogP contribution is 2.37. The van der Waals surface area contributed by atoms with Gasteiger partial charge in [0, 0.05) is 6.42 Å². The van der Waals surface area contributed by atoms with Gasteiger partial charge in [-0.25, -0.2) is 0 Å². The molecule has 19 heavy (non-hydrogen) atoms. The number of fused-ring (bicyclic) bond motifs is 1. The number of carbonyl (C=O) groups excluding carboxylic acids is 1. The summed E-state index contributed by atoms with van der Waals surface area (Å²) in [6, 6.07) is -0.587. The molecule has 0 saturated carbocycles. The van der Waals surface area contributed by atoms with Crippen molar-refractivity contribution in [3.8, 4) is 0 Å². The van der Waals surface area contributed by atoms with E-state index in [9.17, 15) is 15.1 Å². The predicted molar refractivity (Wildman–Crippen MR) is 63.4 cm³/mol. The molecule has 0 spiro atoms. The SMILES string of the molecule is COC(=O)CCC(O)[C@@H]1[C@@H]2OC(C)(C)O[C@@H]2CN1O. The molecular formula is C12H21NO6. The monoisotopic (exact) mass is 275 g/mol. The first-order chi connectivity index (χ1) is 8.84. The first-order valence-corrected chi connectivity index (χ1v) is 6.40. The molecule has 2 heterocycles. The van der Waals surface area contributed by atoms with E-state index < -0.39 is 24.0 Å². The summed E-state index contributed by atoms with van der Waals surface area (Å²) in [5, 5.41) is 21.0. The standard InChI is InChI=1S/C12H21NO6/c1-12(2)18-8-6-13(16)10(11(8)19-12)7(14)4-5-9(15)17-3/h7-8,10-11,14,16H,4-6H2,1-3H3/t7?,8-,10-,11-/m1/s1. The van der Waals surface area contributed by atoms with Crippen molar-refractivity contribution in [2.24, 2.45) is 0 Å².